The zero-order chi connectivity index (χ0) is 10.6. The minimum Gasteiger partial charge on any atom is -0.310 e. The van der Waals surface area contributed by atoms with E-state index in [4.69, 9.17) is 23.2 Å². The lowest BCUT2D eigenvalue weighted by Gasteiger charge is -2.47. The molecule has 82 valence electrons. The molecule has 0 atom stereocenters. The molecule has 0 aromatic heterocycles. The lowest BCUT2D eigenvalue weighted by molar-refractivity contribution is 0.0611. The van der Waals surface area contributed by atoms with E-state index in [-0.39, 0.29) is 0 Å². The number of halogens is 2. The van der Waals surface area contributed by atoms with Crippen molar-refractivity contribution >= 4 is 23.2 Å². The summed E-state index contributed by atoms with van der Waals surface area (Å²) in [5.41, 5.74) is 1.77. The topological polar surface area (TPSA) is 15.3 Å². The van der Waals surface area contributed by atoms with Gasteiger partial charge in [0.05, 0.1) is 0 Å². The van der Waals surface area contributed by atoms with Gasteiger partial charge in [-0.1, -0.05) is 23.2 Å². The zero-order valence-corrected chi connectivity index (χ0v) is 10.3. The number of rotatable bonds is 5. The van der Waals surface area contributed by atoms with Crippen molar-refractivity contribution in [2.24, 2.45) is 0 Å². The Morgan fingerprint density at radius 3 is 2.50 bits per heavy atom. The lowest BCUT2D eigenvalue weighted by Crippen LogP contribution is -2.56. The standard InChI is InChI=1S/C10H18Cl2N2/c1-14(2)10(4-3-5-10)8-13-7-9(12)6-11/h6,13H,3-5,7-8H2,1-2H3. The van der Waals surface area contributed by atoms with Crippen LogP contribution in [-0.4, -0.2) is 37.6 Å². The Kier molecular flexibility index (Phi) is 4.71. The van der Waals surface area contributed by atoms with E-state index in [9.17, 15) is 0 Å². The summed E-state index contributed by atoms with van der Waals surface area (Å²) in [5.74, 6) is 0. The molecule has 0 radical (unpaired) electrons. The van der Waals surface area contributed by atoms with Gasteiger partial charge in [0.2, 0.25) is 0 Å². The van der Waals surface area contributed by atoms with Gasteiger partial charge in [0.15, 0.2) is 0 Å². The molecule has 0 spiro atoms. The fourth-order valence-corrected chi connectivity index (χ4v) is 1.99. The molecular formula is C10H18Cl2N2. The quantitative estimate of drug-likeness (QED) is 0.789. The summed E-state index contributed by atoms with van der Waals surface area (Å²) in [5, 5.41) is 4.00. The van der Waals surface area contributed by atoms with Crippen molar-refractivity contribution in [2.45, 2.75) is 24.8 Å². The predicted octanol–water partition coefficient (Wildman–Crippen LogP) is 2.38. The van der Waals surface area contributed by atoms with Crippen LogP contribution < -0.4 is 5.32 Å². The molecule has 1 fully saturated rings. The minimum atomic E-state index is 0.351. The number of likely N-dealkylation sites (N-methyl/N-ethyl adjacent to an activating group) is 1. The van der Waals surface area contributed by atoms with E-state index in [1.165, 1.54) is 24.8 Å². The van der Waals surface area contributed by atoms with Crippen LogP contribution in [0.2, 0.25) is 0 Å². The Morgan fingerprint density at radius 1 is 1.50 bits per heavy atom. The van der Waals surface area contributed by atoms with Crippen molar-refractivity contribution < 1.29 is 0 Å². The summed E-state index contributed by atoms with van der Waals surface area (Å²) in [6, 6.07) is 0. The molecule has 14 heavy (non-hydrogen) atoms. The van der Waals surface area contributed by atoms with Gasteiger partial charge >= 0.3 is 0 Å². The molecule has 2 nitrogen and oxygen atoms in total. The normalized spacial score (nSPS) is 21.1. The molecular weight excluding hydrogens is 219 g/mol. The van der Waals surface area contributed by atoms with Crippen molar-refractivity contribution in [1.29, 1.82) is 0 Å². The van der Waals surface area contributed by atoms with Crippen LogP contribution in [0.1, 0.15) is 19.3 Å². The number of hydrogen-bond acceptors (Lipinski definition) is 2. The van der Waals surface area contributed by atoms with Crippen LogP contribution in [0.4, 0.5) is 0 Å². The molecule has 0 bridgehead atoms. The molecule has 4 heteroatoms. The fourth-order valence-electron chi connectivity index (χ4n) is 1.82. The third-order valence-electron chi connectivity index (χ3n) is 3.10. The first-order valence-electron chi connectivity index (χ1n) is 4.94. The average molecular weight is 237 g/mol. The van der Waals surface area contributed by atoms with Gasteiger partial charge in [-0.15, -0.1) is 0 Å². The van der Waals surface area contributed by atoms with Gasteiger partial charge in [-0.05, 0) is 33.4 Å². The highest BCUT2D eigenvalue weighted by Gasteiger charge is 2.38. The van der Waals surface area contributed by atoms with E-state index in [0.717, 1.165) is 6.54 Å². The summed E-state index contributed by atoms with van der Waals surface area (Å²) < 4.78 is 0. The first kappa shape index (κ1) is 12.3. The second kappa shape index (κ2) is 5.36. The van der Waals surface area contributed by atoms with Gasteiger partial charge in [0.1, 0.15) is 0 Å². The molecule has 0 aliphatic heterocycles. The van der Waals surface area contributed by atoms with E-state index in [0.29, 0.717) is 17.1 Å². The molecule has 1 aliphatic carbocycles. The summed E-state index contributed by atoms with van der Waals surface area (Å²) in [7, 11) is 4.28. The van der Waals surface area contributed by atoms with Gasteiger partial charge in [-0.2, -0.15) is 0 Å². The Hall–Kier alpha value is 0.240. The van der Waals surface area contributed by atoms with Crippen LogP contribution in [0.15, 0.2) is 10.6 Å². The summed E-state index contributed by atoms with van der Waals surface area (Å²) in [6.07, 6.45) is 3.88. The summed E-state index contributed by atoms with van der Waals surface area (Å²) in [6.45, 7) is 1.65. The Balaban J connectivity index is 2.29. The smallest absolute Gasteiger partial charge is 0.0431 e. The average Bonchev–Trinajstić information content (AvgIpc) is 2.08. The molecule has 1 rings (SSSR count). The molecule has 1 aliphatic rings. The van der Waals surface area contributed by atoms with Gasteiger partial charge in [-0.3, -0.25) is 0 Å². The molecule has 0 amide bonds. The highest BCUT2D eigenvalue weighted by Crippen LogP contribution is 2.35. The van der Waals surface area contributed by atoms with Crippen LogP contribution in [0, 0.1) is 0 Å². The van der Waals surface area contributed by atoms with Gasteiger partial charge < -0.3 is 10.2 Å². The molecule has 0 unspecified atom stereocenters. The zero-order valence-electron chi connectivity index (χ0n) is 8.82. The lowest BCUT2D eigenvalue weighted by atomic mass is 9.75. The summed E-state index contributed by atoms with van der Waals surface area (Å²) >= 11 is 11.3. The second-order valence-corrected chi connectivity index (χ2v) is 4.84. The maximum atomic E-state index is 5.79. The van der Waals surface area contributed by atoms with Crippen molar-refractivity contribution in [3.05, 3.63) is 10.6 Å². The maximum absolute atomic E-state index is 5.79. The first-order valence-corrected chi connectivity index (χ1v) is 5.75. The van der Waals surface area contributed by atoms with Gasteiger partial charge in [0, 0.05) is 29.2 Å². The molecule has 0 heterocycles. The fraction of sp³-hybridized carbons (Fsp3) is 0.800. The van der Waals surface area contributed by atoms with Crippen LogP contribution in [0.3, 0.4) is 0 Å². The van der Waals surface area contributed by atoms with E-state index in [1.807, 2.05) is 0 Å². The van der Waals surface area contributed by atoms with Crippen molar-refractivity contribution in [3.63, 3.8) is 0 Å². The molecule has 1 N–H and O–H groups in total. The predicted molar refractivity (Wildman–Crippen MR) is 62.9 cm³/mol. The van der Waals surface area contributed by atoms with Gasteiger partial charge in [0.25, 0.3) is 0 Å². The van der Waals surface area contributed by atoms with E-state index < -0.39 is 0 Å². The van der Waals surface area contributed by atoms with Crippen molar-refractivity contribution in [1.82, 2.24) is 10.2 Å². The third kappa shape index (κ3) is 2.86. The van der Waals surface area contributed by atoms with Crippen molar-refractivity contribution in [3.8, 4) is 0 Å². The molecule has 0 saturated heterocycles. The Bertz CT molecular complexity index is 210. The van der Waals surface area contributed by atoms with Gasteiger partial charge in [-0.25, -0.2) is 0 Å². The van der Waals surface area contributed by atoms with Crippen LogP contribution >= 0.6 is 23.2 Å². The van der Waals surface area contributed by atoms with E-state index >= 15 is 0 Å². The van der Waals surface area contributed by atoms with Crippen LogP contribution in [-0.2, 0) is 0 Å². The number of nitrogens with one attached hydrogen (secondary N) is 1. The largest absolute Gasteiger partial charge is 0.310 e. The SMILES string of the molecule is CN(C)C1(CNCC(Cl)=CCl)CCC1. The highest BCUT2D eigenvalue weighted by atomic mass is 35.5. The Morgan fingerprint density at radius 2 is 2.14 bits per heavy atom. The second-order valence-electron chi connectivity index (χ2n) is 4.13. The monoisotopic (exact) mass is 236 g/mol. The maximum Gasteiger partial charge on any atom is 0.0431 e. The third-order valence-corrected chi connectivity index (χ3v) is 3.72. The highest BCUT2D eigenvalue weighted by molar-refractivity contribution is 6.36. The minimum absolute atomic E-state index is 0.351. The summed E-state index contributed by atoms with van der Waals surface area (Å²) in [4.78, 5) is 2.31. The number of hydrogen-bond donors (Lipinski definition) is 1. The van der Waals surface area contributed by atoms with E-state index in [2.05, 4.69) is 24.3 Å². The molecule has 0 aromatic carbocycles. The van der Waals surface area contributed by atoms with E-state index in [1.54, 1.807) is 0 Å². The van der Waals surface area contributed by atoms with Crippen LogP contribution in [0.25, 0.3) is 0 Å². The Labute approximate surface area is 96.2 Å². The molecule has 1 saturated carbocycles. The number of nitrogens with zero attached hydrogens (tertiary/aromatic N) is 1. The van der Waals surface area contributed by atoms with Crippen molar-refractivity contribution in [2.75, 3.05) is 27.2 Å². The molecule has 0 aromatic rings. The first-order chi connectivity index (χ1) is 6.60. The van der Waals surface area contributed by atoms with Crippen LogP contribution in [0.5, 0.6) is 0 Å².